The first-order valence-electron chi connectivity index (χ1n) is 7.53. The summed E-state index contributed by atoms with van der Waals surface area (Å²) in [5.74, 6) is -0.00409. The van der Waals surface area contributed by atoms with E-state index >= 15 is 0 Å². The minimum Gasteiger partial charge on any atom is -0.340 e. The van der Waals surface area contributed by atoms with E-state index in [1.807, 2.05) is 24.3 Å². The van der Waals surface area contributed by atoms with Crippen molar-refractivity contribution in [2.75, 3.05) is 7.05 Å². The van der Waals surface area contributed by atoms with Crippen LogP contribution >= 0.6 is 15.9 Å². The highest BCUT2D eigenvalue weighted by Crippen LogP contribution is 2.17. The Labute approximate surface area is 152 Å². The molecular formula is C17H15BrFN5O. The minimum absolute atomic E-state index is 0.0127. The quantitative estimate of drug-likeness (QED) is 0.656. The van der Waals surface area contributed by atoms with Crippen molar-refractivity contribution in [1.29, 1.82) is 0 Å². The molecule has 0 aliphatic rings. The van der Waals surface area contributed by atoms with Gasteiger partial charge in [-0.15, -0.1) is 10.2 Å². The number of amides is 1. The molecule has 0 saturated carbocycles. The van der Waals surface area contributed by atoms with E-state index in [1.54, 1.807) is 19.2 Å². The maximum Gasteiger partial charge on any atom is 0.246 e. The van der Waals surface area contributed by atoms with Crippen LogP contribution in [0.1, 0.15) is 5.56 Å². The molecule has 0 bridgehead atoms. The van der Waals surface area contributed by atoms with E-state index in [1.165, 1.54) is 21.8 Å². The van der Waals surface area contributed by atoms with Gasteiger partial charge in [0.1, 0.15) is 12.4 Å². The SMILES string of the molecule is CN(Cc1ccc(F)cc1)C(=O)Cn1nnc(-c2ccc(Br)cc2)n1. The topological polar surface area (TPSA) is 63.9 Å². The molecule has 0 fully saturated rings. The van der Waals surface area contributed by atoms with Gasteiger partial charge in [-0.25, -0.2) is 4.39 Å². The molecule has 0 radical (unpaired) electrons. The number of tetrazole rings is 1. The van der Waals surface area contributed by atoms with Crippen molar-refractivity contribution >= 4 is 21.8 Å². The molecule has 0 saturated heterocycles. The summed E-state index contributed by atoms with van der Waals surface area (Å²) in [6.07, 6.45) is 0. The number of rotatable bonds is 5. The Morgan fingerprint density at radius 3 is 2.52 bits per heavy atom. The first-order chi connectivity index (χ1) is 12.0. The average molecular weight is 404 g/mol. The molecule has 1 aromatic heterocycles. The van der Waals surface area contributed by atoms with Crippen LogP contribution in [0.4, 0.5) is 4.39 Å². The zero-order valence-electron chi connectivity index (χ0n) is 13.4. The molecule has 0 aliphatic carbocycles. The zero-order valence-corrected chi connectivity index (χ0v) is 15.0. The van der Waals surface area contributed by atoms with Crippen LogP contribution in [-0.4, -0.2) is 38.1 Å². The predicted molar refractivity (Wildman–Crippen MR) is 93.8 cm³/mol. The molecule has 0 atom stereocenters. The summed E-state index contributed by atoms with van der Waals surface area (Å²) in [4.78, 5) is 15.1. The molecule has 3 aromatic rings. The molecule has 2 aromatic carbocycles. The minimum atomic E-state index is -0.301. The second kappa shape index (κ2) is 7.52. The molecule has 1 amide bonds. The van der Waals surface area contributed by atoms with Gasteiger partial charge < -0.3 is 4.90 Å². The van der Waals surface area contributed by atoms with Crippen LogP contribution in [-0.2, 0) is 17.9 Å². The number of likely N-dealkylation sites (N-methyl/N-ethyl adjacent to an activating group) is 1. The van der Waals surface area contributed by atoms with Crippen LogP contribution in [0.2, 0.25) is 0 Å². The van der Waals surface area contributed by atoms with Crippen LogP contribution in [0, 0.1) is 5.82 Å². The van der Waals surface area contributed by atoms with Gasteiger partial charge in [-0.3, -0.25) is 4.79 Å². The van der Waals surface area contributed by atoms with E-state index in [0.29, 0.717) is 12.4 Å². The van der Waals surface area contributed by atoms with Crippen LogP contribution in [0.5, 0.6) is 0 Å². The number of carbonyl (C=O) groups excluding carboxylic acids is 1. The smallest absolute Gasteiger partial charge is 0.246 e. The fourth-order valence-corrected chi connectivity index (χ4v) is 2.48. The van der Waals surface area contributed by atoms with Gasteiger partial charge >= 0.3 is 0 Å². The Bertz CT molecular complexity index is 864. The summed E-state index contributed by atoms with van der Waals surface area (Å²) in [5.41, 5.74) is 1.67. The van der Waals surface area contributed by atoms with Gasteiger partial charge in [0.2, 0.25) is 11.7 Å². The van der Waals surface area contributed by atoms with E-state index in [-0.39, 0.29) is 18.3 Å². The molecule has 3 rings (SSSR count). The summed E-state index contributed by atoms with van der Waals surface area (Å²) in [5, 5.41) is 12.1. The first kappa shape index (κ1) is 17.2. The largest absolute Gasteiger partial charge is 0.340 e. The summed E-state index contributed by atoms with van der Waals surface area (Å²) >= 11 is 3.37. The van der Waals surface area contributed by atoms with Crippen molar-refractivity contribution in [1.82, 2.24) is 25.1 Å². The fourth-order valence-electron chi connectivity index (χ4n) is 2.22. The van der Waals surface area contributed by atoms with Gasteiger partial charge in [-0.2, -0.15) is 4.80 Å². The second-order valence-electron chi connectivity index (χ2n) is 5.53. The normalized spacial score (nSPS) is 10.7. The maximum atomic E-state index is 12.9. The lowest BCUT2D eigenvalue weighted by atomic mass is 10.2. The number of halogens is 2. The third kappa shape index (κ3) is 4.48. The predicted octanol–water partition coefficient (Wildman–Crippen LogP) is 2.90. The van der Waals surface area contributed by atoms with Crippen molar-refractivity contribution in [3.63, 3.8) is 0 Å². The Balaban J connectivity index is 1.62. The van der Waals surface area contributed by atoms with Crippen molar-refractivity contribution in [3.05, 3.63) is 64.4 Å². The Morgan fingerprint density at radius 2 is 1.84 bits per heavy atom. The molecule has 0 unspecified atom stereocenters. The third-order valence-electron chi connectivity index (χ3n) is 3.59. The number of hydrogen-bond donors (Lipinski definition) is 0. The lowest BCUT2D eigenvalue weighted by Gasteiger charge is -2.16. The first-order valence-corrected chi connectivity index (χ1v) is 8.33. The van der Waals surface area contributed by atoms with Crippen molar-refractivity contribution in [3.8, 4) is 11.4 Å². The van der Waals surface area contributed by atoms with E-state index in [9.17, 15) is 9.18 Å². The highest BCUT2D eigenvalue weighted by atomic mass is 79.9. The highest BCUT2D eigenvalue weighted by molar-refractivity contribution is 9.10. The molecule has 6 nitrogen and oxygen atoms in total. The van der Waals surface area contributed by atoms with Crippen LogP contribution < -0.4 is 0 Å². The van der Waals surface area contributed by atoms with E-state index in [2.05, 4.69) is 31.3 Å². The number of nitrogens with zero attached hydrogens (tertiary/aromatic N) is 5. The van der Waals surface area contributed by atoms with Crippen molar-refractivity contribution < 1.29 is 9.18 Å². The molecule has 0 spiro atoms. The summed E-state index contributed by atoms with van der Waals surface area (Å²) < 4.78 is 13.9. The van der Waals surface area contributed by atoms with Gasteiger partial charge in [-0.1, -0.05) is 28.1 Å². The Kier molecular flexibility index (Phi) is 5.18. The number of hydrogen-bond acceptors (Lipinski definition) is 4. The molecule has 8 heteroatoms. The fraction of sp³-hybridized carbons (Fsp3) is 0.176. The average Bonchev–Trinajstić information content (AvgIpc) is 3.06. The molecule has 0 N–H and O–H groups in total. The summed E-state index contributed by atoms with van der Waals surface area (Å²) in [6, 6.07) is 13.6. The van der Waals surface area contributed by atoms with E-state index in [0.717, 1.165) is 15.6 Å². The standard InChI is InChI=1S/C17H15BrFN5O/c1-23(10-12-2-8-15(19)9-3-12)16(25)11-24-21-17(20-22-24)13-4-6-14(18)7-5-13/h2-9H,10-11H2,1H3. The van der Waals surface area contributed by atoms with Gasteiger partial charge in [0.05, 0.1) is 0 Å². The maximum absolute atomic E-state index is 12.9. The molecular weight excluding hydrogens is 389 g/mol. The Morgan fingerprint density at radius 1 is 1.16 bits per heavy atom. The van der Waals surface area contributed by atoms with Gasteiger partial charge in [0.15, 0.2) is 0 Å². The van der Waals surface area contributed by atoms with Gasteiger partial charge in [0.25, 0.3) is 0 Å². The number of aromatic nitrogens is 4. The lowest BCUT2D eigenvalue weighted by molar-refractivity contribution is -0.131. The van der Waals surface area contributed by atoms with E-state index < -0.39 is 0 Å². The van der Waals surface area contributed by atoms with Gasteiger partial charge in [-0.05, 0) is 47.2 Å². The molecule has 25 heavy (non-hydrogen) atoms. The molecule has 0 aliphatic heterocycles. The van der Waals surface area contributed by atoms with Crippen molar-refractivity contribution in [2.24, 2.45) is 0 Å². The molecule has 128 valence electrons. The van der Waals surface area contributed by atoms with E-state index in [4.69, 9.17) is 0 Å². The molecule has 1 heterocycles. The van der Waals surface area contributed by atoms with Crippen LogP contribution in [0.3, 0.4) is 0 Å². The second-order valence-corrected chi connectivity index (χ2v) is 6.44. The van der Waals surface area contributed by atoms with Crippen molar-refractivity contribution in [2.45, 2.75) is 13.1 Å². The summed E-state index contributed by atoms with van der Waals surface area (Å²) in [7, 11) is 1.68. The zero-order chi connectivity index (χ0) is 17.8. The highest BCUT2D eigenvalue weighted by Gasteiger charge is 2.13. The number of benzene rings is 2. The number of carbonyl (C=O) groups is 1. The monoisotopic (exact) mass is 403 g/mol. The Hall–Kier alpha value is -2.61. The lowest BCUT2D eigenvalue weighted by Crippen LogP contribution is -2.30. The third-order valence-corrected chi connectivity index (χ3v) is 4.12. The van der Waals surface area contributed by atoms with Crippen LogP contribution in [0.25, 0.3) is 11.4 Å². The summed E-state index contributed by atoms with van der Waals surface area (Å²) in [6.45, 7) is 0.370. The van der Waals surface area contributed by atoms with Gasteiger partial charge in [0, 0.05) is 23.6 Å². The van der Waals surface area contributed by atoms with Crippen LogP contribution in [0.15, 0.2) is 53.0 Å².